The lowest BCUT2D eigenvalue weighted by Gasteiger charge is -2.05. The molecule has 0 aromatic heterocycles. The van der Waals surface area contributed by atoms with Gasteiger partial charge in [0.1, 0.15) is 6.61 Å². The molecule has 1 N–H and O–H groups in total. The lowest BCUT2D eigenvalue weighted by Crippen LogP contribution is -2.25. The predicted molar refractivity (Wildman–Crippen MR) is 33.6 cm³/mol. The van der Waals surface area contributed by atoms with E-state index in [1.165, 1.54) is 10.8 Å². The van der Waals surface area contributed by atoms with Crippen LogP contribution < -0.4 is 4.72 Å². The molecule has 0 spiro atoms. The van der Waals surface area contributed by atoms with Crippen LogP contribution in [-0.2, 0) is 16.0 Å². The summed E-state index contributed by atoms with van der Waals surface area (Å²) in [5.41, 5.74) is 0. The summed E-state index contributed by atoms with van der Waals surface area (Å²) in [4.78, 5) is 10.2. The highest BCUT2D eigenvalue weighted by Crippen LogP contribution is 1.77. The SMILES string of the molecule is C=CCOC(=O)NS(=O)[O-]. The van der Waals surface area contributed by atoms with Crippen molar-refractivity contribution in [2.24, 2.45) is 0 Å². The Kier molecular flexibility index (Phi) is 4.51. The van der Waals surface area contributed by atoms with Crippen LogP contribution >= 0.6 is 0 Å². The second kappa shape index (κ2) is 4.95. The van der Waals surface area contributed by atoms with E-state index in [-0.39, 0.29) is 6.61 Å². The van der Waals surface area contributed by atoms with Crippen molar-refractivity contribution >= 4 is 17.4 Å². The standard InChI is InChI=1S/C4H7NO4S/c1-2-3-9-4(6)5-10(7)8/h2H,1,3H2,(H,5,6)(H,7,8)/p-1. The molecule has 0 aromatic carbocycles. The summed E-state index contributed by atoms with van der Waals surface area (Å²) in [5, 5.41) is 0. The third kappa shape index (κ3) is 5.26. The minimum absolute atomic E-state index is 0.0109. The molecule has 0 rings (SSSR count). The molecule has 58 valence electrons. The highest BCUT2D eigenvalue weighted by atomic mass is 32.2. The largest absolute Gasteiger partial charge is 0.755 e. The first kappa shape index (κ1) is 9.12. The van der Waals surface area contributed by atoms with Crippen LogP contribution in [-0.4, -0.2) is 21.5 Å². The molecule has 1 atom stereocenters. The molecule has 0 saturated carbocycles. The highest BCUT2D eigenvalue weighted by Gasteiger charge is 1.96. The van der Waals surface area contributed by atoms with E-state index in [0.717, 1.165) is 0 Å². The van der Waals surface area contributed by atoms with Gasteiger partial charge in [-0.15, -0.1) is 0 Å². The Morgan fingerprint density at radius 1 is 1.90 bits per heavy atom. The van der Waals surface area contributed by atoms with Crippen molar-refractivity contribution in [2.45, 2.75) is 0 Å². The van der Waals surface area contributed by atoms with E-state index in [4.69, 9.17) is 0 Å². The number of nitrogens with one attached hydrogen (secondary N) is 1. The van der Waals surface area contributed by atoms with Gasteiger partial charge in [-0.2, -0.15) is 0 Å². The molecule has 0 aliphatic heterocycles. The van der Waals surface area contributed by atoms with Crippen LogP contribution in [0.25, 0.3) is 0 Å². The quantitative estimate of drug-likeness (QED) is 0.458. The van der Waals surface area contributed by atoms with Crippen LogP contribution in [0.5, 0.6) is 0 Å². The first-order valence-corrected chi connectivity index (χ1v) is 3.38. The van der Waals surface area contributed by atoms with Gasteiger partial charge in [-0.05, 0) is 0 Å². The summed E-state index contributed by atoms with van der Waals surface area (Å²) in [7, 11) is 0. The lowest BCUT2D eigenvalue weighted by atomic mass is 10.7. The van der Waals surface area contributed by atoms with Gasteiger partial charge in [0.25, 0.3) is 0 Å². The summed E-state index contributed by atoms with van der Waals surface area (Å²) in [5.74, 6) is 0. The topological polar surface area (TPSA) is 78.5 Å². The first-order valence-electron chi connectivity index (χ1n) is 2.30. The molecule has 0 saturated heterocycles. The zero-order valence-electron chi connectivity index (χ0n) is 5.03. The smallest absolute Gasteiger partial charge is 0.418 e. The number of hydrogen-bond acceptors (Lipinski definition) is 4. The van der Waals surface area contributed by atoms with E-state index < -0.39 is 17.4 Å². The van der Waals surface area contributed by atoms with Crippen LogP contribution in [0.2, 0.25) is 0 Å². The molecule has 5 nitrogen and oxygen atoms in total. The molecule has 0 aliphatic carbocycles. The third-order valence-corrected chi connectivity index (χ3v) is 0.832. The summed E-state index contributed by atoms with van der Waals surface area (Å²) < 4.78 is 25.2. The molecule has 0 heterocycles. The van der Waals surface area contributed by atoms with Crippen molar-refractivity contribution in [3.63, 3.8) is 0 Å². The number of carbonyl (C=O) groups excluding carboxylic acids is 1. The van der Waals surface area contributed by atoms with Crippen molar-refractivity contribution in [3.05, 3.63) is 12.7 Å². The Labute approximate surface area is 60.5 Å². The van der Waals surface area contributed by atoms with E-state index in [9.17, 15) is 13.6 Å². The Hall–Kier alpha value is -0.880. The summed E-state index contributed by atoms with van der Waals surface area (Å²) in [6.07, 6.45) is 0.320. The van der Waals surface area contributed by atoms with Gasteiger partial charge in [0.05, 0.1) is 0 Å². The van der Waals surface area contributed by atoms with Crippen LogP contribution in [0, 0.1) is 0 Å². The minimum Gasteiger partial charge on any atom is -0.755 e. The maximum absolute atomic E-state index is 10.2. The third-order valence-electron chi connectivity index (χ3n) is 0.499. The second-order valence-corrected chi connectivity index (χ2v) is 1.90. The molecular formula is C4H6NO4S-. The van der Waals surface area contributed by atoms with Gasteiger partial charge in [-0.1, -0.05) is 12.7 Å². The number of rotatable bonds is 3. The van der Waals surface area contributed by atoms with Crippen LogP contribution in [0.3, 0.4) is 0 Å². The normalized spacial score (nSPS) is 11.7. The van der Waals surface area contributed by atoms with Crippen LogP contribution in [0.1, 0.15) is 0 Å². The molecule has 0 fully saturated rings. The highest BCUT2D eigenvalue weighted by molar-refractivity contribution is 7.77. The Morgan fingerprint density at radius 3 is 2.90 bits per heavy atom. The Morgan fingerprint density at radius 2 is 2.50 bits per heavy atom. The molecule has 6 heteroatoms. The van der Waals surface area contributed by atoms with Gasteiger partial charge in [0.15, 0.2) is 0 Å². The fourth-order valence-corrected chi connectivity index (χ4v) is 0.427. The van der Waals surface area contributed by atoms with Crippen molar-refractivity contribution in [1.29, 1.82) is 0 Å². The monoisotopic (exact) mass is 164 g/mol. The van der Waals surface area contributed by atoms with Gasteiger partial charge in [-0.25, -0.2) is 4.79 Å². The van der Waals surface area contributed by atoms with Crippen molar-refractivity contribution in [1.82, 2.24) is 4.72 Å². The van der Waals surface area contributed by atoms with Gasteiger partial charge in [0.2, 0.25) is 0 Å². The molecule has 1 unspecified atom stereocenters. The molecular weight excluding hydrogens is 158 g/mol. The van der Waals surface area contributed by atoms with E-state index in [0.29, 0.717) is 0 Å². The molecule has 10 heavy (non-hydrogen) atoms. The Balaban J connectivity index is 3.43. The van der Waals surface area contributed by atoms with Crippen LogP contribution in [0.4, 0.5) is 4.79 Å². The minimum atomic E-state index is -2.61. The van der Waals surface area contributed by atoms with E-state index >= 15 is 0 Å². The first-order chi connectivity index (χ1) is 4.66. The number of amides is 1. The average Bonchev–Trinajstić information content (AvgIpc) is 1.82. The van der Waals surface area contributed by atoms with Crippen molar-refractivity contribution in [3.8, 4) is 0 Å². The Bertz CT molecular complexity index is 157. The number of hydrogen-bond donors (Lipinski definition) is 1. The zero-order chi connectivity index (χ0) is 7.98. The zero-order valence-corrected chi connectivity index (χ0v) is 5.85. The molecule has 0 radical (unpaired) electrons. The fourth-order valence-electron chi connectivity index (χ4n) is 0.232. The number of ether oxygens (including phenoxy) is 1. The maximum Gasteiger partial charge on any atom is 0.418 e. The van der Waals surface area contributed by atoms with Crippen molar-refractivity contribution in [2.75, 3.05) is 6.61 Å². The maximum atomic E-state index is 10.2. The summed E-state index contributed by atoms with van der Waals surface area (Å²) >= 11 is -2.61. The summed E-state index contributed by atoms with van der Waals surface area (Å²) in [6.45, 7) is 3.24. The predicted octanol–water partition coefficient (Wildman–Crippen LogP) is -0.307. The van der Waals surface area contributed by atoms with E-state index in [1.54, 1.807) is 0 Å². The van der Waals surface area contributed by atoms with E-state index in [2.05, 4.69) is 11.3 Å². The average molecular weight is 164 g/mol. The number of carbonyl (C=O) groups is 1. The molecule has 1 amide bonds. The molecule has 0 bridgehead atoms. The van der Waals surface area contributed by atoms with Gasteiger partial charge >= 0.3 is 6.09 Å². The second-order valence-electron chi connectivity index (χ2n) is 1.22. The van der Waals surface area contributed by atoms with Gasteiger partial charge < -0.3 is 9.29 Å². The lowest BCUT2D eigenvalue weighted by molar-refractivity contribution is 0.164. The summed E-state index contributed by atoms with van der Waals surface area (Å²) in [6, 6.07) is 0. The van der Waals surface area contributed by atoms with Crippen molar-refractivity contribution < 1.29 is 18.3 Å². The van der Waals surface area contributed by atoms with Gasteiger partial charge in [0, 0.05) is 11.3 Å². The van der Waals surface area contributed by atoms with E-state index in [1.807, 2.05) is 0 Å². The fraction of sp³-hybridized carbons (Fsp3) is 0.250. The molecule has 0 aliphatic rings. The molecule has 0 aromatic rings. The van der Waals surface area contributed by atoms with Gasteiger partial charge in [-0.3, -0.25) is 8.93 Å². The van der Waals surface area contributed by atoms with Crippen LogP contribution in [0.15, 0.2) is 12.7 Å².